The van der Waals surface area contributed by atoms with E-state index in [-0.39, 0.29) is 5.91 Å². The molecule has 106 valence electrons. The molecule has 0 unspecified atom stereocenters. The third kappa shape index (κ3) is 3.73. The molecule has 0 atom stereocenters. The molecule has 0 saturated carbocycles. The fourth-order valence-corrected chi connectivity index (χ4v) is 3.14. The molecule has 1 saturated heterocycles. The molecular formula is C12H21N5OS. The zero-order valence-electron chi connectivity index (χ0n) is 11.2. The van der Waals surface area contributed by atoms with Crippen LogP contribution in [0, 0.1) is 0 Å². The van der Waals surface area contributed by atoms with E-state index in [1.54, 1.807) is 0 Å². The van der Waals surface area contributed by atoms with Gasteiger partial charge in [0.05, 0.1) is 5.69 Å². The molecule has 1 aromatic rings. The standard InChI is InChI=1S/C12H21N5OS/c1-2-17(10-3-5-14-6-4-10)7-9-8-19-12(15-9)11(18)16-13/h8,10,14H,2-7,13H2,1H3,(H,16,18). The maximum absolute atomic E-state index is 11.4. The molecule has 1 aromatic heterocycles. The highest BCUT2D eigenvalue weighted by atomic mass is 32.1. The number of hydrogen-bond acceptors (Lipinski definition) is 6. The molecular weight excluding hydrogens is 262 g/mol. The van der Waals surface area contributed by atoms with Crippen molar-refractivity contribution in [3.63, 3.8) is 0 Å². The van der Waals surface area contributed by atoms with Gasteiger partial charge in [-0.3, -0.25) is 15.1 Å². The van der Waals surface area contributed by atoms with Gasteiger partial charge in [-0.15, -0.1) is 11.3 Å². The number of rotatable bonds is 5. The predicted molar refractivity (Wildman–Crippen MR) is 75.7 cm³/mol. The van der Waals surface area contributed by atoms with Gasteiger partial charge in [0.2, 0.25) is 0 Å². The second kappa shape index (κ2) is 6.95. The predicted octanol–water partition coefficient (Wildman–Crippen LogP) is 0.321. The Morgan fingerprint density at radius 3 is 3.00 bits per heavy atom. The first-order chi connectivity index (χ1) is 9.24. The van der Waals surface area contributed by atoms with Crippen LogP contribution in [-0.4, -0.2) is 41.5 Å². The molecule has 0 aliphatic carbocycles. The van der Waals surface area contributed by atoms with E-state index in [9.17, 15) is 4.79 Å². The zero-order valence-corrected chi connectivity index (χ0v) is 12.0. The lowest BCUT2D eigenvalue weighted by molar-refractivity contribution is 0.0952. The van der Waals surface area contributed by atoms with Crippen molar-refractivity contribution in [2.24, 2.45) is 5.84 Å². The van der Waals surface area contributed by atoms with Gasteiger partial charge in [0, 0.05) is 18.0 Å². The number of piperidine rings is 1. The summed E-state index contributed by atoms with van der Waals surface area (Å²) in [5.41, 5.74) is 3.06. The van der Waals surface area contributed by atoms with Crippen molar-refractivity contribution in [2.45, 2.75) is 32.4 Å². The first-order valence-corrected chi connectivity index (χ1v) is 7.52. The lowest BCUT2D eigenvalue weighted by Crippen LogP contribution is -2.42. The van der Waals surface area contributed by atoms with Crippen molar-refractivity contribution in [2.75, 3.05) is 19.6 Å². The van der Waals surface area contributed by atoms with Crippen LogP contribution in [0.25, 0.3) is 0 Å². The Bertz CT molecular complexity index is 416. The number of carbonyl (C=O) groups excluding carboxylic acids is 1. The van der Waals surface area contributed by atoms with Crippen LogP contribution in [0.4, 0.5) is 0 Å². The van der Waals surface area contributed by atoms with Crippen molar-refractivity contribution in [1.29, 1.82) is 0 Å². The molecule has 1 amide bonds. The normalized spacial score (nSPS) is 16.8. The van der Waals surface area contributed by atoms with Crippen LogP contribution in [0.2, 0.25) is 0 Å². The summed E-state index contributed by atoms with van der Waals surface area (Å²) in [6.45, 7) is 6.14. The molecule has 2 heterocycles. The van der Waals surface area contributed by atoms with E-state index in [2.05, 4.69) is 27.6 Å². The summed E-state index contributed by atoms with van der Waals surface area (Å²) in [6, 6.07) is 0.611. The van der Waals surface area contributed by atoms with Gasteiger partial charge in [-0.05, 0) is 32.5 Å². The van der Waals surface area contributed by atoms with Crippen LogP contribution in [0.1, 0.15) is 35.3 Å². The van der Waals surface area contributed by atoms with Gasteiger partial charge in [0.25, 0.3) is 5.91 Å². The summed E-state index contributed by atoms with van der Waals surface area (Å²) in [5, 5.41) is 5.75. The average Bonchev–Trinajstić information content (AvgIpc) is 2.93. The number of amides is 1. The minimum absolute atomic E-state index is 0.318. The molecule has 0 spiro atoms. The van der Waals surface area contributed by atoms with Gasteiger partial charge in [-0.1, -0.05) is 6.92 Å². The maximum Gasteiger partial charge on any atom is 0.294 e. The van der Waals surface area contributed by atoms with Crippen molar-refractivity contribution >= 4 is 17.2 Å². The van der Waals surface area contributed by atoms with E-state index in [0.717, 1.165) is 31.9 Å². The molecule has 2 rings (SSSR count). The highest BCUT2D eigenvalue weighted by Crippen LogP contribution is 2.17. The number of nitrogens with one attached hydrogen (secondary N) is 2. The molecule has 4 N–H and O–H groups in total. The average molecular weight is 283 g/mol. The summed E-state index contributed by atoms with van der Waals surface area (Å²) in [6.07, 6.45) is 2.35. The van der Waals surface area contributed by atoms with Crippen LogP contribution in [0.5, 0.6) is 0 Å². The SMILES string of the molecule is CCN(Cc1csc(C(=O)NN)n1)C1CCNCC1. The van der Waals surface area contributed by atoms with Gasteiger partial charge < -0.3 is 5.32 Å². The minimum Gasteiger partial charge on any atom is -0.317 e. The molecule has 19 heavy (non-hydrogen) atoms. The molecule has 0 aromatic carbocycles. The van der Waals surface area contributed by atoms with Crippen molar-refractivity contribution in [1.82, 2.24) is 20.6 Å². The largest absolute Gasteiger partial charge is 0.317 e. The minimum atomic E-state index is -0.318. The monoisotopic (exact) mass is 283 g/mol. The Morgan fingerprint density at radius 2 is 2.37 bits per heavy atom. The van der Waals surface area contributed by atoms with Gasteiger partial charge >= 0.3 is 0 Å². The molecule has 7 heteroatoms. The Kier molecular flexibility index (Phi) is 5.26. The topological polar surface area (TPSA) is 83.3 Å². The number of nitrogen functional groups attached to an aromatic ring is 1. The van der Waals surface area contributed by atoms with E-state index in [4.69, 9.17) is 5.84 Å². The molecule has 6 nitrogen and oxygen atoms in total. The van der Waals surface area contributed by atoms with E-state index in [1.165, 1.54) is 24.2 Å². The fraction of sp³-hybridized carbons (Fsp3) is 0.667. The number of aromatic nitrogens is 1. The van der Waals surface area contributed by atoms with Crippen LogP contribution in [-0.2, 0) is 6.54 Å². The Morgan fingerprint density at radius 1 is 1.63 bits per heavy atom. The quantitative estimate of drug-likeness (QED) is 0.412. The second-order valence-electron chi connectivity index (χ2n) is 4.66. The lowest BCUT2D eigenvalue weighted by atomic mass is 10.0. The number of carbonyl (C=O) groups is 1. The highest BCUT2D eigenvalue weighted by molar-refractivity contribution is 7.11. The van der Waals surface area contributed by atoms with Crippen molar-refractivity contribution in [3.8, 4) is 0 Å². The van der Waals surface area contributed by atoms with E-state index in [0.29, 0.717) is 11.0 Å². The summed E-state index contributed by atoms with van der Waals surface area (Å²) in [4.78, 5) is 18.1. The third-order valence-corrected chi connectivity index (χ3v) is 4.36. The summed E-state index contributed by atoms with van der Waals surface area (Å²) in [7, 11) is 0. The number of hydrazine groups is 1. The lowest BCUT2D eigenvalue weighted by Gasteiger charge is -2.33. The maximum atomic E-state index is 11.4. The molecule has 0 radical (unpaired) electrons. The molecule has 1 aliphatic rings. The zero-order chi connectivity index (χ0) is 13.7. The van der Waals surface area contributed by atoms with Crippen molar-refractivity contribution in [3.05, 3.63) is 16.1 Å². The Balaban J connectivity index is 1.97. The second-order valence-corrected chi connectivity index (χ2v) is 5.52. The van der Waals surface area contributed by atoms with E-state index < -0.39 is 0 Å². The third-order valence-electron chi connectivity index (χ3n) is 3.47. The summed E-state index contributed by atoms with van der Waals surface area (Å²) in [5.74, 6) is 4.79. The number of nitrogens with zero attached hydrogens (tertiary/aromatic N) is 2. The summed E-state index contributed by atoms with van der Waals surface area (Å²) >= 11 is 1.34. The van der Waals surface area contributed by atoms with Crippen LogP contribution in [0.3, 0.4) is 0 Å². The molecule has 1 fully saturated rings. The number of thiazole rings is 1. The van der Waals surface area contributed by atoms with Crippen molar-refractivity contribution < 1.29 is 4.79 Å². The van der Waals surface area contributed by atoms with Gasteiger partial charge in [0.15, 0.2) is 5.01 Å². The summed E-state index contributed by atoms with van der Waals surface area (Å²) < 4.78 is 0. The first kappa shape index (κ1) is 14.4. The fourth-order valence-electron chi connectivity index (χ4n) is 2.42. The molecule has 1 aliphatic heterocycles. The van der Waals surface area contributed by atoms with Gasteiger partial charge in [-0.25, -0.2) is 10.8 Å². The molecule has 0 bridgehead atoms. The van der Waals surface area contributed by atoms with Gasteiger partial charge in [-0.2, -0.15) is 0 Å². The Hall–Kier alpha value is -1.02. The van der Waals surface area contributed by atoms with Crippen LogP contribution in [0.15, 0.2) is 5.38 Å². The van der Waals surface area contributed by atoms with Crippen LogP contribution >= 0.6 is 11.3 Å². The van der Waals surface area contributed by atoms with Gasteiger partial charge in [0.1, 0.15) is 0 Å². The van der Waals surface area contributed by atoms with E-state index in [1.807, 2.05) is 5.38 Å². The smallest absolute Gasteiger partial charge is 0.294 e. The Labute approximate surface area is 117 Å². The number of nitrogens with two attached hydrogens (primary N) is 1. The first-order valence-electron chi connectivity index (χ1n) is 6.64. The van der Waals surface area contributed by atoms with E-state index >= 15 is 0 Å². The van der Waals surface area contributed by atoms with Crippen LogP contribution < -0.4 is 16.6 Å². The number of hydrogen-bond donors (Lipinski definition) is 3. The highest BCUT2D eigenvalue weighted by Gasteiger charge is 2.21.